The van der Waals surface area contributed by atoms with Crippen LogP contribution in [0.3, 0.4) is 0 Å². The van der Waals surface area contributed by atoms with E-state index in [1.54, 1.807) is 36.4 Å². The third-order valence-corrected chi connectivity index (χ3v) is 12.2. The molecule has 0 aliphatic carbocycles. The molecule has 0 atom stereocenters. The molecule has 0 unspecified atom stereocenters. The summed E-state index contributed by atoms with van der Waals surface area (Å²) in [7, 11) is 0. The Bertz CT molecular complexity index is 3880. The number of hydrogen-bond donors (Lipinski definition) is 0. The fourth-order valence-electron chi connectivity index (χ4n) is 9.32. The minimum Gasteiger partial charge on any atom is -0.457 e. The van der Waals surface area contributed by atoms with Gasteiger partial charge < -0.3 is 14.5 Å². The first-order valence-electron chi connectivity index (χ1n) is 27.6. The van der Waals surface area contributed by atoms with E-state index in [-0.39, 0.29) is 22.6 Å². The number of para-hydroxylation sites is 4. The minimum atomic E-state index is -2.62. The van der Waals surface area contributed by atoms with Crippen molar-refractivity contribution in [2.45, 2.75) is 40.8 Å². The number of ether oxygens (including phenoxy) is 1. The zero-order valence-electron chi connectivity index (χ0n) is 47.5. The molecule has 322 valence electrons. The molecule has 1 aliphatic heterocycles. The molecule has 0 saturated heterocycles. The summed E-state index contributed by atoms with van der Waals surface area (Å²) >= 11 is 0. The van der Waals surface area contributed by atoms with Crippen molar-refractivity contribution in [2.75, 3.05) is 16.5 Å². The predicted octanol–water partition coefficient (Wildman–Crippen LogP) is 16.3. The lowest BCUT2D eigenvalue weighted by Gasteiger charge is -2.27. The quantitative estimate of drug-likeness (QED) is 0.137. The Morgan fingerprint density at radius 1 is 0.561 bits per heavy atom. The summed E-state index contributed by atoms with van der Waals surface area (Å²) in [4.78, 5) is 9.02. The molecular weight excluding hydrogens is 805 g/mol. The second kappa shape index (κ2) is 16.9. The smallest absolute Gasteiger partial charge is 0.137 e. The number of aromatic nitrogens is 2. The topological polar surface area (TPSA) is 33.5 Å². The Hall–Kier alpha value is -7.89. The lowest BCUT2D eigenvalue weighted by atomic mass is 9.90. The number of anilines is 4. The Labute approximate surface area is 403 Å². The lowest BCUT2D eigenvalue weighted by Crippen LogP contribution is -2.25. The SMILES string of the molecule is [2H]C([2H])([2H])c1ccnc(-n2c3ccccc3c3ccc(Oc4cccc(N5CN(c6c(-c7ccc(C([2H])([2H])C(C)C)cc7)cccc6-c6ccc(-c7ccccc7C([2H])([2H])[2H])c(C([2H])([2H])[2H])c6)c6ccccc65)c4)cc32)c1. The lowest BCUT2D eigenvalue weighted by molar-refractivity contribution is 0.483. The van der Waals surface area contributed by atoms with Gasteiger partial charge in [0.05, 0.1) is 28.1 Å². The van der Waals surface area contributed by atoms with Gasteiger partial charge in [-0.2, -0.15) is 0 Å². The van der Waals surface area contributed by atoms with Gasteiger partial charge in [-0.1, -0.05) is 135 Å². The van der Waals surface area contributed by atoms with E-state index < -0.39 is 26.9 Å². The molecule has 5 nitrogen and oxygen atoms in total. The van der Waals surface area contributed by atoms with Crippen molar-refractivity contribution in [2.24, 2.45) is 5.92 Å². The highest BCUT2D eigenvalue weighted by Crippen LogP contribution is 2.51. The molecule has 10 aromatic rings. The van der Waals surface area contributed by atoms with Crippen molar-refractivity contribution < 1.29 is 19.8 Å². The molecule has 2 aromatic heterocycles. The Kier molecular flexibility index (Phi) is 7.76. The maximum Gasteiger partial charge on any atom is 0.137 e. The predicted molar refractivity (Wildman–Crippen MR) is 276 cm³/mol. The van der Waals surface area contributed by atoms with Crippen LogP contribution in [0.1, 0.15) is 51.2 Å². The summed E-state index contributed by atoms with van der Waals surface area (Å²) in [5.74, 6) is 1.34. The second-order valence-electron chi connectivity index (χ2n) is 16.9. The first-order chi connectivity index (χ1) is 36.7. The van der Waals surface area contributed by atoms with Crippen molar-refractivity contribution in [1.29, 1.82) is 0 Å². The zero-order valence-corrected chi connectivity index (χ0v) is 36.5. The maximum atomic E-state index is 8.85. The molecule has 0 N–H and O–H groups in total. The van der Waals surface area contributed by atoms with E-state index in [0.717, 1.165) is 61.2 Å². The van der Waals surface area contributed by atoms with E-state index >= 15 is 0 Å². The summed E-state index contributed by atoms with van der Waals surface area (Å²) in [6.07, 6.45) is -0.0469. The van der Waals surface area contributed by atoms with E-state index in [2.05, 4.69) is 26.9 Å². The highest BCUT2D eigenvalue weighted by Gasteiger charge is 2.31. The van der Waals surface area contributed by atoms with Crippen LogP contribution >= 0.6 is 0 Å². The zero-order chi connectivity index (χ0) is 54.2. The number of rotatable bonds is 10. The van der Waals surface area contributed by atoms with Gasteiger partial charge in [-0.05, 0) is 132 Å². The summed E-state index contributed by atoms with van der Waals surface area (Å²) in [5, 5.41) is 1.93. The van der Waals surface area contributed by atoms with Crippen molar-refractivity contribution in [3.63, 3.8) is 0 Å². The molecule has 0 saturated carbocycles. The molecule has 0 amide bonds. The standard InChI is InChI=1S/C61H52N4O/c1-40(2)34-44-24-26-45(27-25-44)52-19-13-20-53(46-28-30-51(43(5)36-46)50-17-7-6-14-42(50)4)61(52)64-39-63(57-22-10-11-23-58(57)64)47-15-12-16-48(37-47)66-49-29-31-55-54-18-8-9-21-56(54)65(59(55)38-49)60-35-41(3)32-33-62-60/h6-33,35-38,40H,34,39H2,1-5H3/i3D3,4D3,5D3,34D2. The normalized spacial score (nSPS) is 15.7. The van der Waals surface area contributed by atoms with Crippen molar-refractivity contribution in [3.8, 4) is 50.7 Å². The molecule has 5 heteroatoms. The van der Waals surface area contributed by atoms with E-state index in [9.17, 15) is 0 Å². The Morgan fingerprint density at radius 3 is 2.09 bits per heavy atom. The largest absolute Gasteiger partial charge is 0.457 e. The maximum absolute atomic E-state index is 8.85. The monoisotopic (exact) mass is 867 g/mol. The number of fused-ring (bicyclic) bond motifs is 4. The fraction of sp³-hybridized carbons (Fsp3) is 0.131. The molecule has 3 heterocycles. The Morgan fingerprint density at radius 2 is 1.26 bits per heavy atom. The van der Waals surface area contributed by atoms with E-state index in [1.165, 1.54) is 18.3 Å². The summed E-state index contributed by atoms with van der Waals surface area (Å²) in [6.45, 7) is -3.37. The minimum absolute atomic E-state index is 0.0172. The average Bonchev–Trinajstić information content (AvgIpc) is 4.00. The molecule has 11 rings (SSSR count). The fourth-order valence-corrected chi connectivity index (χ4v) is 9.32. The highest BCUT2D eigenvalue weighted by molar-refractivity contribution is 6.09. The molecule has 0 fully saturated rings. The van der Waals surface area contributed by atoms with Gasteiger partial charge in [0.15, 0.2) is 0 Å². The van der Waals surface area contributed by atoms with Crippen LogP contribution in [0, 0.1) is 26.5 Å². The van der Waals surface area contributed by atoms with Crippen molar-refractivity contribution in [3.05, 3.63) is 217 Å². The van der Waals surface area contributed by atoms with Crippen molar-refractivity contribution in [1.82, 2.24) is 9.55 Å². The van der Waals surface area contributed by atoms with Crippen LogP contribution in [0.25, 0.3) is 61.0 Å². The average molecular weight is 868 g/mol. The molecule has 0 radical (unpaired) electrons. The van der Waals surface area contributed by atoms with Crippen LogP contribution in [-0.4, -0.2) is 16.2 Å². The number of benzene rings is 8. The van der Waals surface area contributed by atoms with Gasteiger partial charge in [0.25, 0.3) is 0 Å². The van der Waals surface area contributed by atoms with Crippen LogP contribution in [-0.2, 0) is 6.37 Å². The highest BCUT2D eigenvalue weighted by atomic mass is 16.5. The Balaban J connectivity index is 1.01. The van der Waals surface area contributed by atoms with E-state index in [1.807, 2.05) is 146 Å². The van der Waals surface area contributed by atoms with Crippen LogP contribution < -0.4 is 14.5 Å². The van der Waals surface area contributed by atoms with Gasteiger partial charge in [0, 0.05) is 61.0 Å². The van der Waals surface area contributed by atoms with Gasteiger partial charge in [-0.25, -0.2) is 4.98 Å². The number of hydrogen-bond acceptors (Lipinski definition) is 4. The van der Waals surface area contributed by atoms with Gasteiger partial charge in [-0.3, -0.25) is 4.57 Å². The molecule has 66 heavy (non-hydrogen) atoms. The summed E-state index contributed by atoms with van der Waals surface area (Å²) < 4.78 is 102. The number of pyridine rings is 1. The molecule has 0 bridgehead atoms. The summed E-state index contributed by atoms with van der Waals surface area (Å²) in [6, 6.07) is 58.0. The first kappa shape index (κ1) is 30.3. The molecule has 8 aromatic carbocycles. The second-order valence-corrected chi connectivity index (χ2v) is 16.9. The van der Waals surface area contributed by atoms with E-state index in [0.29, 0.717) is 46.2 Å². The third kappa shape index (κ3) is 7.46. The van der Waals surface area contributed by atoms with Crippen LogP contribution in [0.2, 0.25) is 0 Å². The first-order valence-corrected chi connectivity index (χ1v) is 22.1. The van der Waals surface area contributed by atoms with Gasteiger partial charge >= 0.3 is 0 Å². The summed E-state index contributed by atoms with van der Waals surface area (Å²) in [5.41, 5.74) is 9.53. The molecule has 0 spiro atoms. The van der Waals surface area contributed by atoms with Crippen LogP contribution in [0.4, 0.5) is 22.7 Å². The van der Waals surface area contributed by atoms with Crippen molar-refractivity contribution >= 4 is 44.6 Å². The molecular formula is C61H52N4O. The number of nitrogens with zero attached hydrogens (tertiary/aromatic N) is 4. The van der Waals surface area contributed by atoms with Crippen LogP contribution in [0.5, 0.6) is 11.5 Å². The van der Waals surface area contributed by atoms with Gasteiger partial charge in [0.1, 0.15) is 24.0 Å². The molecule has 1 aliphatic rings. The van der Waals surface area contributed by atoms with Gasteiger partial charge in [0.2, 0.25) is 0 Å². The van der Waals surface area contributed by atoms with E-state index in [4.69, 9.17) is 19.8 Å². The van der Waals surface area contributed by atoms with Crippen LogP contribution in [0.15, 0.2) is 194 Å². The third-order valence-electron chi connectivity index (χ3n) is 12.2. The van der Waals surface area contributed by atoms with Gasteiger partial charge in [-0.15, -0.1) is 0 Å². The number of aryl methyl sites for hydroxylation is 3.